The molecule has 0 bridgehead atoms. The molecule has 5 nitrogen and oxygen atoms in total. The van der Waals surface area contributed by atoms with E-state index in [0.29, 0.717) is 12.0 Å². The Morgan fingerprint density at radius 3 is 2.88 bits per heavy atom. The van der Waals surface area contributed by atoms with Gasteiger partial charge in [0.05, 0.1) is 17.9 Å². The van der Waals surface area contributed by atoms with Gasteiger partial charge in [-0.05, 0) is 24.9 Å². The molecule has 4 rings (SSSR count). The lowest BCUT2D eigenvalue weighted by Gasteiger charge is -2.22. The van der Waals surface area contributed by atoms with E-state index >= 15 is 0 Å². The van der Waals surface area contributed by atoms with Gasteiger partial charge in [-0.2, -0.15) is 5.10 Å². The SMILES string of the molecule is CC(C)c1cc(C2CCCN2Cc2cn[nH]c2-c2ccccc2)no1. The molecule has 3 aromatic rings. The molecule has 0 saturated carbocycles. The van der Waals surface area contributed by atoms with Gasteiger partial charge >= 0.3 is 0 Å². The second kappa shape index (κ2) is 6.84. The number of likely N-dealkylation sites (tertiary alicyclic amines) is 1. The molecule has 3 heterocycles. The maximum Gasteiger partial charge on any atom is 0.139 e. The molecule has 1 unspecified atom stereocenters. The standard InChI is InChI=1S/C20H24N4O/c1-14(2)19-11-17(23-25-19)18-9-6-10-24(18)13-16-12-21-22-20(16)15-7-4-3-5-8-15/h3-5,7-8,11-12,14,18H,6,9-10,13H2,1-2H3,(H,21,22). The maximum absolute atomic E-state index is 5.52. The molecule has 1 aliphatic heterocycles. The first kappa shape index (κ1) is 16.1. The summed E-state index contributed by atoms with van der Waals surface area (Å²) >= 11 is 0. The number of benzene rings is 1. The minimum atomic E-state index is 0.328. The Hall–Kier alpha value is -2.40. The molecule has 1 saturated heterocycles. The Morgan fingerprint density at radius 2 is 2.12 bits per heavy atom. The molecule has 1 aliphatic rings. The van der Waals surface area contributed by atoms with Crippen LogP contribution in [0, 0.1) is 0 Å². The van der Waals surface area contributed by atoms with Gasteiger partial charge in [-0.25, -0.2) is 0 Å². The number of aromatic nitrogens is 3. The minimum absolute atomic E-state index is 0.328. The predicted octanol–water partition coefficient (Wildman–Crippen LogP) is 4.53. The zero-order chi connectivity index (χ0) is 17.2. The average Bonchev–Trinajstić information content (AvgIpc) is 3.36. The van der Waals surface area contributed by atoms with Crippen LogP contribution in [-0.4, -0.2) is 26.8 Å². The maximum atomic E-state index is 5.52. The van der Waals surface area contributed by atoms with Gasteiger partial charge in [0.1, 0.15) is 11.5 Å². The van der Waals surface area contributed by atoms with Crippen molar-refractivity contribution in [3.63, 3.8) is 0 Å². The highest BCUT2D eigenvalue weighted by atomic mass is 16.5. The van der Waals surface area contributed by atoms with Crippen molar-refractivity contribution in [3.8, 4) is 11.3 Å². The van der Waals surface area contributed by atoms with Gasteiger partial charge in [-0.15, -0.1) is 0 Å². The van der Waals surface area contributed by atoms with Gasteiger partial charge < -0.3 is 4.52 Å². The molecule has 1 N–H and O–H groups in total. The van der Waals surface area contributed by atoms with E-state index in [0.717, 1.165) is 36.7 Å². The summed E-state index contributed by atoms with van der Waals surface area (Å²) in [5, 5.41) is 11.8. The van der Waals surface area contributed by atoms with Crippen molar-refractivity contribution in [1.82, 2.24) is 20.3 Å². The third kappa shape index (κ3) is 3.24. The highest BCUT2D eigenvalue weighted by Crippen LogP contribution is 2.35. The van der Waals surface area contributed by atoms with Gasteiger partial charge in [-0.1, -0.05) is 49.3 Å². The van der Waals surface area contributed by atoms with Crippen LogP contribution in [0.15, 0.2) is 47.1 Å². The number of H-pyrrole nitrogens is 1. The molecule has 0 radical (unpaired) electrons. The van der Waals surface area contributed by atoms with Crippen LogP contribution in [-0.2, 0) is 6.54 Å². The average molecular weight is 336 g/mol. The summed E-state index contributed by atoms with van der Waals surface area (Å²) in [6.45, 7) is 6.21. The Balaban J connectivity index is 1.55. The quantitative estimate of drug-likeness (QED) is 0.744. The summed E-state index contributed by atoms with van der Waals surface area (Å²) in [4.78, 5) is 2.49. The number of nitrogens with zero attached hydrogens (tertiary/aromatic N) is 3. The Kier molecular flexibility index (Phi) is 4.40. The van der Waals surface area contributed by atoms with Gasteiger partial charge in [0.2, 0.25) is 0 Å². The van der Waals surface area contributed by atoms with Crippen LogP contribution in [0.2, 0.25) is 0 Å². The van der Waals surface area contributed by atoms with Crippen LogP contribution in [0.1, 0.15) is 55.7 Å². The van der Waals surface area contributed by atoms with Crippen molar-refractivity contribution in [3.05, 3.63) is 59.6 Å². The Labute approximate surface area is 148 Å². The first-order valence-electron chi connectivity index (χ1n) is 9.00. The van der Waals surface area contributed by atoms with Crippen molar-refractivity contribution in [2.75, 3.05) is 6.54 Å². The lowest BCUT2D eigenvalue weighted by Crippen LogP contribution is -2.23. The van der Waals surface area contributed by atoms with E-state index in [9.17, 15) is 0 Å². The van der Waals surface area contributed by atoms with Crippen LogP contribution >= 0.6 is 0 Å². The van der Waals surface area contributed by atoms with Crippen molar-refractivity contribution >= 4 is 0 Å². The van der Waals surface area contributed by atoms with Gasteiger partial charge in [0.25, 0.3) is 0 Å². The second-order valence-corrected chi connectivity index (χ2v) is 7.07. The molecule has 2 aromatic heterocycles. The predicted molar refractivity (Wildman–Crippen MR) is 97.0 cm³/mol. The zero-order valence-corrected chi connectivity index (χ0v) is 14.8. The molecular formula is C20H24N4O. The number of rotatable bonds is 5. The van der Waals surface area contributed by atoms with E-state index in [4.69, 9.17) is 4.52 Å². The molecule has 1 aromatic carbocycles. The number of hydrogen-bond donors (Lipinski definition) is 1. The number of nitrogens with one attached hydrogen (secondary N) is 1. The molecule has 25 heavy (non-hydrogen) atoms. The zero-order valence-electron chi connectivity index (χ0n) is 14.8. The third-order valence-electron chi connectivity index (χ3n) is 4.97. The molecule has 0 aliphatic carbocycles. The fourth-order valence-electron chi connectivity index (χ4n) is 3.59. The summed E-state index contributed by atoms with van der Waals surface area (Å²) in [7, 11) is 0. The fourth-order valence-corrected chi connectivity index (χ4v) is 3.59. The van der Waals surface area contributed by atoms with E-state index in [1.807, 2.05) is 12.3 Å². The first-order valence-corrected chi connectivity index (χ1v) is 9.00. The van der Waals surface area contributed by atoms with Gasteiger partial charge in [-0.3, -0.25) is 10.00 Å². The first-order chi connectivity index (χ1) is 12.2. The molecule has 1 atom stereocenters. The van der Waals surface area contributed by atoms with Crippen LogP contribution in [0.5, 0.6) is 0 Å². The molecular weight excluding hydrogens is 312 g/mol. The number of hydrogen-bond acceptors (Lipinski definition) is 4. The third-order valence-corrected chi connectivity index (χ3v) is 4.97. The summed E-state index contributed by atoms with van der Waals surface area (Å²) < 4.78 is 5.52. The molecule has 0 spiro atoms. The second-order valence-electron chi connectivity index (χ2n) is 7.07. The summed E-state index contributed by atoms with van der Waals surface area (Å²) in [5.74, 6) is 1.34. The summed E-state index contributed by atoms with van der Waals surface area (Å²) in [6, 6.07) is 12.8. The van der Waals surface area contributed by atoms with Crippen molar-refractivity contribution in [1.29, 1.82) is 0 Å². The smallest absolute Gasteiger partial charge is 0.139 e. The van der Waals surface area contributed by atoms with Crippen molar-refractivity contribution in [2.45, 2.75) is 45.2 Å². The summed E-state index contributed by atoms with van der Waals surface area (Å²) in [5.41, 5.74) is 4.57. The number of aromatic amines is 1. The van der Waals surface area contributed by atoms with E-state index in [-0.39, 0.29) is 0 Å². The Bertz CT molecular complexity index is 821. The molecule has 0 amide bonds. The Morgan fingerprint density at radius 1 is 1.28 bits per heavy atom. The van der Waals surface area contributed by atoms with Gasteiger partial charge in [0.15, 0.2) is 0 Å². The van der Waals surface area contributed by atoms with E-state index < -0.39 is 0 Å². The normalized spacial score (nSPS) is 18.3. The molecule has 130 valence electrons. The van der Waals surface area contributed by atoms with E-state index in [1.54, 1.807) is 0 Å². The van der Waals surface area contributed by atoms with E-state index in [2.05, 4.69) is 64.4 Å². The van der Waals surface area contributed by atoms with Crippen LogP contribution in [0.3, 0.4) is 0 Å². The van der Waals surface area contributed by atoms with Crippen LogP contribution in [0.4, 0.5) is 0 Å². The lowest BCUT2D eigenvalue weighted by molar-refractivity contribution is 0.236. The largest absolute Gasteiger partial charge is 0.361 e. The van der Waals surface area contributed by atoms with Crippen LogP contribution < -0.4 is 0 Å². The highest BCUT2D eigenvalue weighted by molar-refractivity contribution is 5.62. The topological polar surface area (TPSA) is 58.0 Å². The van der Waals surface area contributed by atoms with Crippen molar-refractivity contribution < 1.29 is 4.52 Å². The molecule has 5 heteroatoms. The van der Waals surface area contributed by atoms with E-state index in [1.165, 1.54) is 17.5 Å². The lowest BCUT2D eigenvalue weighted by atomic mass is 10.1. The highest BCUT2D eigenvalue weighted by Gasteiger charge is 2.29. The summed E-state index contributed by atoms with van der Waals surface area (Å²) in [6.07, 6.45) is 4.26. The van der Waals surface area contributed by atoms with Crippen molar-refractivity contribution in [2.24, 2.45) is 0 Å². The minimum Gasteiger partial charge on any atom is -0.361 e. The fraction of sp³-hybridized carbons (Fsp3) is 0.400. The monoisotopic (exact) mass is 336 g/mol. The van der Waals surface area contributed by atoms with Gasteiger partial charge in [0, 0.05) is 24.1 Å². The molecule has 1 fully saturated rings. The van der Waals surface area contributed by atoms with Crippen LogP contribution in [0.25, 0.3) is 11.3 Å².